The van der Waals surface area contributed by atoms with Crippen molar-refractivity contribution in [3.63, 3.8) is 0 Å². The fraction of sp³-hybridized carbons (Fsp3) is 1.00. The van der Waals surface area contributed by atoms with Gasteiger partial charge in [-0.15, -0.1) is 0 Å². The summed E-state index contributed by atoms with van der Waals surface area (Å²) >= 11 is 3.66. The average Bonchev–Trinajstić information content (AvgIpc) is 2.48. The smallest absolute Gasteiger partial charge is 0.00596 e. The Morgan fingerprint density at radius 3 is 1.74 bits per heavy atom. The van der Waals surface area contributed by atoms with Crippen molar-refractivity contribution in [2.75, 3.05) is 5.33 Å². The van der Waals surface area contributed by atoms with Gasteiger partial charge in [0, 0.05) is 5.33 Å². The first kappa shape index (κ1) is 15.9. The Morgan fingerprint density at radius 1 is 0.737 bits per heavy atom. The van der Waals surface area contributed by atoms with Gasteiger partial charge in [0.1, 0.15) is 0 Å². The van der Waals surface area contributed by atoms with Crippen LogP contribution in [0.3, 0.4) is 0 Å². The first-order chi connectivity index (χ1) is 9.33. The average molecular weight is 329 g/mol. The first-order valence-electron chi connectivity index (χ1n) is 8.89. The van der Waals surface area contributed by atoms with Crippen LogP contribution in [-0.4, -0.2) is 5.33 Å². The number of hydrogen-bond donors (Lipinski definition) is 0. The molecular formula is C18H33Br. The van der Waals surface area contributed by atoms with Gasteiger partial charge in [-0.3, -0.25) is 0 Å². The minimum Gasteiger partial charge on any atom is -0.0925 e. The second kappa shape index (κ2) is 8.70. The molecule has 1 heteroatoms. The van der Waals surface area contributed by atoms with Gasteiger partial charge in [-0.25, -0.2) is 0 Å². The van der Waals surface area contributed by atoms with Crippen molar-refractivity contribution in [1.82, 2.24) is 0 Å². The predicted octanol–water partition coefficient (Wildman–Crippen LogP) is 6.57. The number of halogens is 1. The molecule has 0 N–H and O–H groups in total. The first-order valence-corrected chi connectivity index (χ1v) is 10.0. The van der Waals surface area contributed by atoms with E-state index >= 15 is 0 Å². The van der Waals surface area contributed by atoms with Crippen molar-refractivity contribution in [2.45, 2.75) is 84.0 Å². The zero-order valence-electron chi connectivity index (χ0n) is 12.9. The molecule has 0 aliphatic heterocycles. The van der Waals surface area contributed by atoms with Crippen LogP contribution in [0, 0.1) is 23.7 Å². The molecule has 0 nitrogen and oxygen atoms in total. The predicted molar refractivity (Wildman–Crippen MR) is 88.8 cm³/mol. The molecule has 0 heterocycles. The number of rotatable bonds is 6. The van der Waals surface area contributed by atoms with Crippen LogP contribution in [0.25, 0.3) is 0 Å². The minimum absolute atomic E-state index is 0.988. The van der Waals surface area contributed by atoms with Gasteiger partial charge in [-0.1, -0.05) is 61.4 Å². The zero-order chi connectivity index (χ0) is 13.5. The van der Waals surface area contributed by atoms with E-state index in [1.165, 1.54) is 56.7 Å². The van der Waals surface area contributed by atoms with Gasteiger partial charge in [0.15, 0.2) is 0 Å². The van der Waals surface area contributed by atoms with Crippen LogP contribution in [0.1, 0.15) is 84.0 Å². The van der Waals surface area contributed by atoms with Crippen molar-refractivity contribution in [1.29, 1.82) is 0 Å². The quantitative estimate of drug-likeness (QED) is 0.382. The van der Waals surface area contributed by atoms with E-state index in [9.17, 15) is 0 Å². The molecule has 0 aromatic carbocycles. The van der Waals surface area contributed by atoms with Crippen LogP contribution < -0.4 is 0 Å². The molecule has 2 aliphatic carbocycles. The third-order valence-electron chi connectivity index (χ3n) is 5.88. The molecule has 0 aromatic rings. The Kier molecular flexibility index (Phi) is 7.26. The summed E-state index contributed by atoms with van der Waals surface area (Å²) in [6, 6.07) is 0. The van der Waals surface area contributed by atoms with Gasteiger partial charge >= 0.3 is 0 Å². The summed E-state index contributed by atoms with van der Waals surface area (Å²) in [5, 5.41) is 1.24. The van der Waals surface area contributed by atoms with Gasteiger partial charge in [-0.2, -0.15) is 0 Å². The van der Waals surface area contributed by atoms with Crippen molar-refractivity contribution < 1.29 is 0 Å². The lowest BCUT2D eigenvalue weighted by molar-refractivity contribution is 0.148. The molecule has 0 radical (unpaired) electrons. The molecule has 0 aromatic heterocycles. The summed E-state index contributed by atoms with van der Waals surface area (Å²) < 4.78 is 0. The Bertz CT molecular complexity index is 222. The molecule has 0 spiro atoms. The number of unbranched alkanes of at least 4 members (excludes halogenated alkanes) is 2. The second-order valence-corrected chi connectivity index (χ2v) is 7.86. The molecule has 0 unspecified atom stereocenters. The Labute approximate surface area is 129 Å². The molecule has 0 bridgehead atoms. The molecule has 2 rings (SSSR count). The molecule has 112 valence electrons. The van der Waals surface area contributed by atoms with E-state index in [0.717, 1.165) is 23.7 Å². The molecule has 2 aliphatic rings. The van der Waals surface area contributed by atoms with E-state index in [0.29, 0.717) is 0 Å². The summed E-state index contributed by atoms with van der Waals surface area (Å²) in [5.41, 5.74) is 0. The van der Waals surface area contributed by atoms with Crippen molar-refractivity contribution in [3.05, 3.63) is 0 Å². The second-order valence-electron chi connectivity index (χ2n) is 7.21. The van der Waals surface area contributed by atoms with Gasteiger partial charge in [0.25, 0.3) is 0 Å². The maximum Gasteiger partial charge on any atom is 0.00596 e. The summed E-state index contributed by atoms with van der Waals surface area (Å²) in [6.07, 6.45) is 18.1. The van der Waals surface area contributed by atoms with Crippen LogP contribution in [0.15, 0.2) is 0 Å². The van der Waals surface area contributed by atoms with E-state index in [4.69, 9.17) is 0 Å². The zero-order valence-corrected chi connectivity index (χ0v) is 14.5. The summed E-state index contributed by atoms with van der Waals surface area (Å²) in [6.45, 7) is 2.32. The Balaban J connectivity index is 1.63. The van der Waals surface area contributed by atoms with Crippen LogP contribution in [0.2, 0.25) is 0 Å². The van der Waals surface area contributed by atoms with Gasteiger partial charge in [0.05, 0.1) is 0 Å². The van der Waals surface area contributed by atoms with E-state index < -0.39 is 0 Å². The summed E-state index contributed by atoms with van der Waals surface area (Å²) in [5.74, 6) is 4.26. The topological polar surface area (TPSA) is 0 Å². The molecule has 0 saturated heterocycles. The maximum atomic E-state index is 3.66. The van der Waals surface area contributed by atoms with Gasteiger partial charge < -0.3 is 0 Å². The molecule has 0 amide bonds. The van der Waals surface area contributed by atoms with E-state index in [-0.39, 0.29) is 0 Å². The van der Waals surface area contributed by atoms with Gasteiger partial charge in [0.2, 0.25) is 0 Å². The Morgan fingerprint density at radius 2 is 1.26 bits per heavy atom. The third-order valence-corrected chi connectivity index (χ3v) is 6.80. The maximum absolute atomic E-state index is 3.66. The molecule has 2 saturated carbocycles. The highest BCUT2D eigenvalue weighted by Crippen LogP contribution is 2.42. The van der Waals surface area contributed by atoms with Crippen molar-refractivity contribution in [2.24, 2.45) is 23.7 Å². The van der Waals surface area contributed by atoms with Crippen LogP contribution in [0.4, 0.5) is 0 Å². The SMILES string of the molecule is CCCCCC1CCC(C2CCC(CBr)CC2)CC1. The lowest BCUT2D eigenvalue weighted by atomic mass is 9.69. The Hall–Kier alpha value is 0.480. The summed E-state index contributed by atoms with van der Waals surface area (Å²) in [7, 11) is 0. The van der Waals surface area contributed by atoms with E-state index in [1.54, 1.807) is 25.7 Å². The third kappa shape index (κ3) is 5.06. The molecule has 0 atom stereocenters. The van der Waals surface area contributed by atoms with Crippen molar-refractivity contribution in [3.8, 4) is 0 Å². The highest BCUT2D eigenvalue weighted by molar-refractivity contribution is 9.09. The summed E-state index contributed by atoms with van der Waals surface area (Å²) in [4.78, 5) is 0. The van der Waals surface area contributed by atoms with Crippen LogP contribution in [0.5, 0.6) is 0 Å². The van der Waals surface area contributed by atoms with Crippen LogP contribution in [-0.2, 0) is 0 Å². The lowest BCUT2D eigenvalue weighted by Crippen LogP contribution is -2.26. The normalized spacial score (nSPS) is 36.3. The van der Waals surface area contributed by atoms with Crippen molar-refractivity contribution >= 4 is 15.9 Å². The van der Waals surface area contributed by atoms with Gasteiger partial charge in [-0.05, 0) is 62.2 Å². The number of hydrogen-bond acceptors (Lipinski definition) is 0. The fourth-order valence-corrected chi connectivity index (χ4v) is 5.09. The monoisotopic (exact) mass is 328 g/mol. The van der Waals surface area contributed by atoms with Crippen LogP contribution >= 0.6 is 15.9 Å². The highest BCUT2D eigenvalue weighted by atomic mass is 79.9. The minimum atomic E-state index is 0.988. The molecular weight excluding hydrogens is 296 g/mol. The van der Waals surface area contributed by atoms with E-state index in [1.807, 2.05) is 0 Å². The number of alkyl halides is 1. The lowest BCUT2D eigenvalue weighted by Gasteiger charge is -2.37. The largest absolute Gasteiger partial charge is 0.0925 e. The molecule has 19 heavy (non-hydrogen) atoms. The fourth-order valence-electron chi connectivity index (χ4n) is 4.45. The standard InChI is InChI=1S/C18H33Br/c1-2-3-4-5-15-6-10-17(11-7-15)18-12-8-16(14-19)9-13-18/h15-18H,2-14H2,1H3. The van der Waals surface area contributed by atoms with E-state index in [2.05, 4.69) is 22.9 Å². The highest BCUT2D eigenvalue weighted by Gasteiger charge is 2.30. The molecule has 2 fully saturated rings.